The molecule has 12 heteroatoms. The molecule has 0 aliphatic carbocycles. The highest BCUT2D eigenvalue weighted by Crippen LogP contribution is 2.04. The molecule has 7 atom stereocenters. The second kappa shape index (κ2) is 18.3. The number of hydrogen-bond donors (Lipinski definition) is 12. The Labute approximate surface area is 145 Å². The van der Waals surface area contributed by atoms with Gasteiger partial charge in [-0.05, 0) is 6.92 Å². The fourth-order valence-corrected chi connectivity index (χ4v) is 1.14. The van der Waals surface area contributed by atoms with Gasteiger partial charge < -0.3 is 61.3 Å². The first-order valence-corrected chi connectivity index (χ1v) is 7.40. The Hall–Kier alpha value is -0.480. The lowest BCUT2D eigenvalue weighted by Crippen LogP contribution is -2.46. The molecular weight excluding hydrogens is 348 g/mol. The molecule has 0 heterocycles. The fourth-order valence-electron chi connectivity index (χ4n) is 1.14. The van der Waals surface area contributed by atoms with Crippen molar-refractivity contribution < 1.29 is 61.3 Å². The highest BCUT2D eigenvalue weighted by atomic mass is 16.4. The number of hydrogen-bond acceptors (Lipinski definition) is 12. The minimum Gasteiger partial charge on any atom is -0.397 e. The van der Waals surface area contributed by atoms with Crippen molar-refractivity contribution in [1.29, 1.82) is 0 Å². The summed E-state index contributed by atoms with van der Waals surface area (Å²) in [7, 11) is 0. The number of rotatable bonds is 9. The van der Waals surface area contributed by atoms with Crippen LogP contribution in [0.4, 0.5) is 0 Å². The van der Waals surface area contributed by atoms with Gasteiger partial charge in [0.25, 0.3) is 0 Å². The molecule has 0 aromatic heterocycles. The third-order valence-corrected chi connectivity index (χ3v) is 2.68. The van der Waals surface area contributed by atoms with Gasteiger partial charge in [-0.1, -0.05) is 0 Å². The van der Waals surface area contributed by atoms with Crippen LogP contribution >= 0.6 is 0 Å². The van der Waals surface area contributed by atoms with E-state index in [4.69, 9.17) is 61.3 Å². The SMILES string of the molecule is CCO.OC[C@@H](O)C(O)[C@@H](O)CO.OC[C@@H](O)[C@H](O)[C@H](O)[C@@H](O)CO. The van der Waals surface area contributed by atoms with Gasteiger partial charge in [0.2, 0.25) is 0 Å². The molecule has 156 valence electrons. The molecule has 0 aliphatic rings. The van der Waals surface area contributed by atoms with E-state index < -0.39 is 69.2 Å². The van der Waals surface area contributed by atoms with Crippen LogP contribution < -0.4 is 0 Å². The van der Waals surface area contributed by atoms with E-state index in [1.54, 1.807) is 6.92 Å². The summed E-state index contributed by atoms with van der Waals surface area (Å²) in [6.07, 6.45) is -10.7. The Bertz CT molecular complexity index is 245. The van der Waals surface area contributed by atoms with Gasteiger partial charge in [0.05, 0.1) is 26.4 Å². The zero-order chi connectivity index (χ0) is 20.6. The summed E-state index contributed by atoms with van der Waals surface area (Å²) >= 11 is 0. The van der Waals surface area contributed by atoms with E-state index in [2.05, 4.69) is 0 Å². The number of aliphatic hydroxyl groups is 12. The van der Waals surface area contributed by atoms with Crippen molar-refractivity contribution >= 4 is 0 Å². The van der Waals surface area contributed by atoms with Crippen LogP contribution in [0.1, 0.15) is 6.92 Å². The standard InChI is InChI=1S/C6H14O6.C5H12O5.C2H6O/c7-1-3(9)5(11)6(12)4(10)2-8;6-1-3(8)5(10)4(9)2-7;1-2-3/h3-12H,1-2H2;3-10H,1-2H2;3H,2H2,1H3/t3-,4+,5+,6-;3-,4+,5?;. The first-order chi connectivity index (χ1) is 11.6. The van der Waals surface area contributed by atoms with Crippen LogP contribution in [0.3, 0.4) is 0 Å². The van der Waals surface area contributed by atoms with Crippen molar-refractivity contribution in [3.63, 3.8) is 0 Å². The summed E-state index contributed by atoms with van der Waals surface area (Å²) in [6, 6.07) is 0. The largest absolute Gasteiger partial charge is 0.397 e. The second-order valence-electron chi connectivity index (χ2n) is 4.79. The molecule has 0 radical (unpaired) electrons. The van der Waals surface area contributed by atoms with Crippen LogP contribution in [0.2, 0.25) is 0 Å². The maximum absolute atomic E-state index is 8.96. The summed E-state index contributed by atoms with van der Waals surface area (Å²) in [5.74, 6) is 0. The Morgan fingerprint density at radius 3 is 0.760 bits per heavy atom. The minimum atomic E-state index is -1.67. The van der Waals surface area contributed by atoms with E-state index in [9.17, 15) is 0 Å². The molecule has 0 aromatic rings. The van der Waals surface area contributed by atoms with Crippen LogP contribution in [0.25, 0.3) is 0 Å². The molecule has 0 amide bonds. The summed E-state index contributed by atoms with van der Waals surface area (Å²) in [5.41, 5.74) is 0. The molecule has 0 aliphatic heterocycles. The molecule has 12 nitrogen and oxygen atoms in total. The van der Waals surface area contributed by atoms with Crippen molar-refractivity contribution in [2.45, 2.75) is 49.7 Å². The quantitative estimate of drug-likeness (QED) is 0.179. The maximum atomic E-state index is 8.96. The maximum Gasteiger partial charge on any atom is 0.111 e. The molecule has 12 N–H and O–H groups in total. The summed E-state index contributed by atoms with van der Waals surface area (Å²) in [6.45, 7) is -0.802. The van der Waals surface area contributed by atoms with Gasteiger partial charge in [-0.3, -0.25) is 0 Å². The zero-order valence-corrected chi connectivity index (χ0v) is 13.9. The van der Waals surface area contributed by atoms with Gasteiger partial charge in [0.1, 0.15) is 42.7 Å². The highest BCUT2D eigenvalue weighted by molar-refractivity contribution is 4.79. The predicted octanol–water partition coefficient (Wildman–Crippen LogP) is -6.53. The third kappa shape index (κ3) is 14.4. The zero-order valence-electron chi connectivity index (χ0n) is 13.9. The van der Waals surface area contributed by atoms with Crippen LogP contribution in [0, 0.1) is 0 Å². The number of aliphatic hydroxyl groups excluding tert-OH is 12. The van der Waals surface area contributed by atoms with Crippen LogP contribution in [-0.2, 0) is 0 Å². The Balaban J connectivity index is -0.000000338. The average molecular weight is 380 g/mol. The van der Waals surface area contributed by atoms with Crippen molar-refractivity contribution in [3.8, 4) is 0 Å². The molecule has 0 aromatic carbocycles. The lowest BCUT2D eigenvalue weighted by Gasteiger charge is -2.24. The Morgan fingerprint density at radius 1 is 0.440 bits per heavy atom. The Morgan fingerprint density at radius 2 is 0.600 bits per heavy atom. The lowest BCUT2D eigenvalue weighted by molar-refractivity contribution is -0.123. The molecule has 0 fully saturated rings. The minimum absolute atomic E-state index is 0.250. The molecule has 0 saturated carbocycles. The van der Waals surface area contributed by atoms with Gasteiger partial charge in [-0.15, -0.1) is 0 Å². The fraction of sp³-hybridized carbons (Fsp3) is 1.00. The lowest BCUT2D eigenvalue weighted by atomic mass is 10.0. The second-order valence-corrected chi connectivity index (χ2v) is 4.79. The van der Waals surface area contributed by atoms with Crippen molar-refractivity contribution in [1.82, 2.24) is 0 Å². The van der Waals surface area contributed by atoms with Crippen LogP contribution in [-0.4, -0.2) is 137 Å². The van der Waals surface area contributed by atoms with Crippen LogP contribution in [0.5, 0.6) is 0 Å². The summed E-state index contributed by atoms with van der Waals surface area (Å²) in [4.78, 5) is 0. The third-order valence-electron chi connectivity index (χ3n) is 2.68. The molecular formula is C13H32O12. The molecule has 0 bridgehead atoms. The highest BCUT2D eigenvalue weighted by Gasteiger charge is 2.29. The smallest absolute Gasteiger partial charge is 0.111 e. The van der Waals surface area contributed by atoms with Crippen LogP contribution in [0.15, 0.2) is 0 Å². The average Bonchev–Trinajstić information content (AvgIpc) is 2.64. The van der Waals surface area contributed by atoms with Gasteiger partial charge in [-0.25, -0.2) is 0 Å². The first-order valence-electron chi connectivity index (χ1n) is 7.40. The van der Waals surface area contributed by atoms with E-state index >= 15 is 0 Å². The van der Waals surface area contributed by atoms with Gasteiger partial charge in [-0.2, -0.15) is 0 Å². The van der Waals surface area contributed by atoms with Crippen molar-refractivity contribution in [2.24, 2.45) is 0 Å². The van der Waals surface area contributed by atoms with E-state index in [1.807, 2.05) is 0 Å². The van der Waals surface area contributed by atoms with E-state index in [0.29, 0.717) is 0 Å². The molecule has 0 spiro atoms. The first kappa shape index (κ1) is 29.3. The van der Waals surface area contributed by atoms with Crippen molar-refractivity contribution in [2.75, 3.05) is 33.0 Å². The normalized spacial score (nSPS) is 19.1. The monoisotopic (exact) mass is 380 g/mol. The van der Waals surface area contributed by atoms with E-state index in [1.165, 1.54) is 0 Å². The van der Waals surface area contributed by atoms with Gasteiger partial charge in [0, 0.05) is 6.61 Å². The van der Waals surface area contributed by atoms with Gasteiger partial charge in [0.15, 0.2) is 0 Å². The topological polar surface area (TPSA) is 243 Å². The van der Waals surface area contributed by atoms with Crippen molar-refractivity contribution in [3.05, 3.63) is 0 Å². The molecule has 0 rings (SSSR count). The Kier molecular flexibility index (Phi) is 21.5. The molecule has 25 heavy (non-hydrogen) atoms. The predicted molar refractivity (Wildman–Crippen MR) is 83.2 cm³/mol. The van der Waals surface area contributed by atoms with Gasteiger partial charge >= 0.3 is 0 Å². The molecule has 1 unspecified atom stereocenters. The summed E-state index contributed by atoms with van der Waals surface area (Å²) in [5, 5.41) is 102. The van der Waals surface area contributed by atoms with E-state index in [-0.39, 0.29) is 6.61 Å². The summed E-state index contributed by atoms with van der Waals surface area (Å²) < 4.78 is 0. The van der Waals surface area contributed by atoms with E-state index in [0.717, 1.165) is 0 Å². The molecule has 0 saturated heterocycles.